The van der Waals surface area contributed by atoms with E-state index in [1.54, 1.807) is 0 Å². The highest BCUT2D eigenvalue weighted by Gasteiger charge is 2.16. The summed E-state index contributed by atoms with van der Waals surface area (Å²) in [6.45, 7) is 2.00. The lowest BCUT2D eigenvalue weighted by Gasteiger charge is -2.07. The minimum atomic E-state index is -0.930. The second kappa shape index (κ2) is 7.81. The molecule has 2 aromatic carbocycles. The van der Waals surface area contributed by atoms with Gasteiger partial charge in [-0.05, 0) is 42.8 Å². The summed E-state index contributed by atoms with van der Waals surface area (Å²) < 4.78 is 5.75. The Morgan fingerprint density at radius 2 is 1.80 bits per heavy atom. The van der Waals surface area contributed by atoms with E-state index in [0.717, 1.165) is 34.9 Å². The summed E-state index contributed by atoms with van der Waals surface area (Å²) in [7, 11) is 0. The molecule has 1 heterocycles. The van der Waals surface area contributed by atoms with Gasteiger partial charge < -0.3 is 15.2 Å². The molecule has 0 atom stereocenters. The normalized spacial score (nSPS) is 10.4. The maximum absolute atomic E-state index is 11.3. The summed E-state index contributed by atoms with van der Waals surface area (Å²) in [6, 6.07) is 17.0. The Kier molecular flexibility index (Phi) is 5.30. The maximum atomic E-state index is 11.3. The van der Waals surface area contributed by atoms with Crippen LogP contribution in [-0.4, -0.2) is 16.1 Å². The third kappa shape index (κ3) is 4.36. The van der Waals surface area contributed by atoms with Gasteiger partial charge in [-0.25, -0.2) is 9.78 Å². The van der Waals surface area contributed by atoms with Crippen LogP contribution in [0.15, 0.2) is 54.6 Å². The Morgan fingerprint density at radius 3 is 2.44 bits per heavy atom. The minimum Gasteiger partial charge on any atom is -0.477 e. The van der Waals surface area contributed by atoms with Gasteiger partial charge in [0.1, 0.15) is 16.4 Å². The monoisotopic (exact) mass is 354 g/mol. The molecule has 0 spiro atoms. The number of thiazole rings is 1. The number of benzene rings is 2. The molecular weight excluding hydrogens is 336 g/mol. The van der Waals surface area contributed by atoms with Gasteiger partial charge in [-0.2, -0.15) is 0 Å². The number of nitrogens with one attached hydrogen (secondary N) is 1. The van der Waals surface area contributed by atoms with Gasteiger partial charge >= 0.3 is 5.97 Å². The average Bonchev–Trinajstić information content (AvgIpc) is 3.01. The van der Waals surface area contributed by atoms with Crippen molar-refractivity contribution in [3.05, 3.63) is 65.2 Å². The van der Waals surface area contributed by atoms with E-state index in [4.69, 9.17) is 4.74 Å². The van der Waals surface area contributed by atoms with Crippen LogP contribution in [-0.2, 0) is 6.42 Å². The fourth-order valence-electron chi connectivity index (χ4n) is 2.33. The van der Waals surface area contributed by atoms with Crippen molar-refractivity contribution in [1.29, 1.82) is 0 Å². The lowest BCUT2D eigenvalue weighted by molar-refractivity contribution is 0.0700. The Bertz CT molecular complexity index is 845. The zero-order valence-corrected chi connectivity index (χ0v) is 14.5. The fraction of sp³-hybridized carbons (Fsp3) is 0.158. The van der Waals surface area contributed by atoms with Gasteiger partial charge in [0.05, 0.1) is 5.69 Å². The molecule has 0 saturated heterocycles. The quantitative estimate of drug-likeness (QED) is 0.600. The molecule has 5 nitrogen and oxygen atoms in total. The van der Waals surface area contributed by atoms with Crippen LogP contribution in [0.3, 0.4) is 0 Å². The number of rotatable bonds is 7. The first kappa shape index (κ1) is 17.0. The fourth-order valence-corrected chi connectivity index (χ4v) is 3.20. The number of hydrogen-bond donors (Lipinski definition) is 2. The molecule has 2 N–H and O–H groups in total. The topological polar surface area (TPSA) is 71.5 Å². The van der Waals surface area contributed by atoms with E-state index in [9.17, 15) is 9.90 Å². The molecular formula is C19H18N2O3S. The van der Waals surface area contributed by atoms with Crippen molar-refractivity contribution < 1.29 is 14.6 Å². The summed E-state index contributed by atoms with van der Waals surface area (Å²) in [5.74, 6) is 0.577. The van der Waals surface area contributed by atoms with Gasteiger partial charge in [0, 0.05) is 5.69 Å². The molecule has 25 heavy (non-hydrogen) atoms. The highest BCUT2D eigenvalue weighted by molar-refractivity contribution is 7.17. The number of anilines is 2. The molecule has 1 aromatic heterocycles. The number of carboxylic acids is 1. The molecule has 0 aliphatic rings. The number of aromatic nitrogens is 1. The zero-order chi connectivity index (χ0) is 17.6. The molecule has 0 unspecified atom stereocenters. The minimum absolute atomic E-state index is 0.299. The smallest absolute Gasteiger partial charge is 0.347 e. The number of aryl methyl sites for hydroxylation is 1. The van der Waals surface area contributed by atoms with Crippen molar-refractivity contribution in [1.82, 2.24) is 4.98 Å². The highest BCUT2D eigenvalue weighted by atomic mass is 32.1. The molecule has 0 saturated carbocycles. The predicted molar refractivity (Wildman–Crippen MR) is 99.3 cm³/mol. The van der Waals surface area contributed by atoms with Crippen LogP contribution < -0.4 is 10.1 Å². The molecule has 0 aliphatic carbocycles. The summed E-state index contributed by atoms with van der Waals surface area (Å²) in [5, 5.41) is 13.0. The van der Waals surface area contributed by atoms with Crippen molar-refractivity contribution in [2.45, 2.75) is 19.8 Å². The van der Waals surface area contributed by atoms with Gasteiger partial charge in [0.15, 0.2) is 5.13 Å². The molecule has 0 radical (unpaired) electrons. The summed E-state index contributed by atoms with van der Waals surface area (Å²) >= 11 is 1.16. The van der Waals surface area contributed by atoms with Crippen LogP contribution in [0.1, 0.15) is 28.7 Å². The Balaban J connectivity index is 1.71. The Hall–Kier alpha value is -2.86. The summed E-state index contributed by atoms with van der Waals surface area (Å²) in [6.07, 6.45) is 1.51. The lowest BCUT2D eigenvalue weighted by atomic mass is 10.2. The standard InChI is InChI=1S/C19H18N2O3S/c1-2-6-16-17(18(22)23)25-19(21-16)20-13-9-11-15(12-10-13)24-14-7-4-3-5-8-14/h3-5,7-12H,2,6H2,1H3,(H,20,21)(H,22,23). The van der Waals surface area contributed by atoms with Gasteiger partial charge in [-0.1, -0.05) is 42.9 Å². The van der Waals surface area contributed by atoms with Crippen LogP contribution in [0.4, 0.5) is 10.8 Å². The molecule has 0 amide bonds. The first-order chi connectivity index (χ1) is 12.2. The van der Waals surface area contributed by atoms with E-state index in [2.05, 4.69) is 10.3 Å². The van der Waals surface area contributed by atoms with E-state index in [0.29, 0.717) is 22.1 Å². The molecule has 3 rings (SSSR count). The predicted octanol–water partition coefficient (Wildman–Crippen LogP) is 5.33. The van der Waals surface area contributed by atoms with E-state index >= 15 is 0 Å². The molecule has 6 heteroatoms. The van der Waals surface area contributed by atoms with Crippen LogP contribution >= 0.6 is 11.3 Å². The maximum Gasteiger partial charge on any atom is 0.347 e. The van der Waals surface area contributed by atoms with Crippen molar-refractivity contribution in [3.8, 4) is 11.5 Å². The van der Waals surface area contributed by atoms with E-state index in [-0.39, 0.29) is 0 Å². The zero-order valence-electron chi connectivity index (χ0n) is 13.7. The van der Waals surface area contributed by atoms with E-state index < -0.39 is 5.97 Å². The third-order valence-corrected chi connectivity index (χ3v) is 4.46. The van der Waals surface area contributed by atoms with E-state index in [1.807, 2.05) is 61.5 Å². The first-order valence-electron chi connectivity index (χ1n) is 7.98. The molecule has 0 bridgehead atoms. The van der Waals surface area contributed by atoms with Gasteiger partial charge in [0.25, 0.3) is 0 Å². The van der Waals surface area contributed by atoms with Crippen LogP contribution in [0.25, 0.3) is 0 Å². The number of aromatic carboxylic acids is 1. The van der Waals surface area contributed by atoms with Gasteiger partial charge in [0.2, 0.25) is 0 Å². The van der Waals surface area contributed by atoms with Gasteiger partial charge in [-0.3, -0.25) is 0 Å². The molecule has 0 aliphatic heterocycles. The van der Waals surface area contributed by atoms with Crippen molar-refractivity contribution >= 4 is 28.1 Å². The molecule has 0 fully saturated rings. The second-order valence-corrected chi connectivity index (χ2v) is 6.41. The number of carboxylic acid groups (broad SMARTS) is 1. The lowest BCUT2D eigenvalue weighted by Crippen LogP contribution is -1.98. The number of carbonyl (C=O) groups is 1. The Morgan fingerprint density at radius 1 is 1.12 bits per heavy atom. The summed E-state index contributed by atoms with van der Waals surface area (Å²) in [5.41, 5.74) is 1.46. The third-order valence-electron chi connectivity index (χ3n) is 3.46. The van der Waals surface area contributed by atoms with Crippen LogP contribution in [0.2, 0.25) is 0 Å². The van der Waals surface area contributed by atoms with Crippen LogP contribution in [0.5, 0.6) is 11.5 Å². The molecule has 3 aromatic rings. The number of nitrogens with zero attached hydrogens (tertiary/aromatic N) is 1. The number of hydrogen-bond acceptors (Lipinski definition) is 5. The van der Waals surface area contributed by atoms with Crippen molar-refractivity contribution in [3.63, 3.8) is 0 Å². The second-order valence-electron chi connectivity index (χ2n) is 5.41. The van der Waals surface area contributed by atoms with E-state index in [1.165, 1.54) is 0 Å². The van der Waals surface area contributed by atoms with Crippen LogP contribution in [0, 0.1) is 0 Å². The van der Waals surface area contributed by atoms with Gasteiger partial charge in [-0.15, -0.1) is 0 Å². The Labute approximate surface area is 149 Å². The number of para-hydroxylation sites is 1. The van der Waals surface area contributed by atoms with Crippen molar-refractivity contribution in [2.24, 2.45) is 0 Å². The number of ether oxygens (including phenoxy) is 1. The first-order valence-corrected chi connectivity index (χ1v) is 8.80. The van der Waals surface area contributed by atoms with Crippen molar-refractivity contribution in [2.75, 3.05) is 5.32 Å². The highest BCUT2D eigenvalue weighted by Crippen LogP contribution is 2.28. The average molecular weight is 354 g/mol. The summed E-state index contributed by atoms with van der Waals surface area (Å²) in [4.78, 5) is 16.0. The SMILES string of the molecule is CCCc1nc(Nc2ccc(Oc3ccccc3)cc2)sc1C(=O)O. The largest absolute Gasteiger partial charge is 0.477 e. The molecule has 128 valence electrons.